The number of ether oxygens (including phenoxy) is 2. The third-order valence-electron chi connectivity index (χ3n) is 5.18. The van der Waals surface area contributed by atoms with Gasteiger partial charge in [-0.1, -0.05) is 74.5 Å². The van der Waals surface area contributed by atoms with Gasteiger partial charge in [0.25, 0.3) is 5.91 Å². The molecule has 0 fully saturated rings. The fourth-order valence-electron chi connectivity index (χ4n) is 3.56. The lowest BCUT2D eigenvalue weighted by Crippen LogP contribution is -2.47. The fourth-order valence-corrected chi connectivity index (χ4v) is 3.56. The zero-order valence-corrected chi connectivity index (χ0v) is 21.6. The summed E-state index contributed by atoms with van der Waals surface area (Å²) < 4.78 is 10.9. The SMILES string of the molecule is CC(C)CC(COCC(=O)NOCc1ccccc1)C(=O)N[C@@H](Cc1ccccc1)C(=O)OC(C)C. The molecule has 196 valence electrons. The van der Waals surface area contributed by atoms with Gasteiger partial charge in [0.1, 0.15) is 12.6 Å². The highest BCUT2D eigenvalue weighted by Gasteiger charge is 2.28. The Labute approximate surface area is 213 Å². The first kappa shape index (κ1) is 29.0. The van der Waals surface area contributed by atoms with Crippen LogP contribution in [0, 0.1) is 11.8 Å². The number of amides is 2. The summed E-state index contributed by atoms with van der Waals surface area (Å²) in [6.45, 7) is 7.55. The number of carbonyl (C=O) groups excluding carboxylic acids is 3. The molecular formula is C28H38N2O6. The molecule has 0 spiro atoms. The van der Waals surface area contributed by atoms with Gasteiger partial charge in [-0.3, -0.25) is 14.4 Å². The summed E-state index contributed by atoms with van der Waals surface area (Å²) in [6, 6.07) is 18.1. The Kier molecular flexibility index (Phi) is 12.6. The van der Waals surface area contributed by atoms with E-state index in [4.69, 9.17) is 14.3 Å². The minimum Gasteiger partial charge on any atom is -0.461 e. The van der Waals surface area contributed by atoms with Gasteiger partial charge in [0.2, 0.25) is 5.91 Å². The maximum absolute atomic E-state index is 13.2. The zero-order valence-electron chi connectivity index (χ0n) is 21.6. The summed E-state index contributed by atoms with van der Waals surface area (Å²) in [4.78, 5) is 43.1. The van der Waals surface area contributed by atoms with Crippen LogP contribution in [0.3, 0.4) is 0 Å². The van der Waals surface area contributed by atoms with Crippen molar-refractivity contribution >= 4 is 17.8 Å². The normalized spacial score (nSPS) is 12.7. The number of hydrogen-bond acceptors (Lipinski definition) is 6. The Morgan fingerprint density at radius 2 is 1.47 bits per heavy atom. The number of carbonyl (C=O) groups is 3. The Hall–Kier alpha value is -3.23. The van der Waals surface area contributed by atoms with Gasteiger partial charge in [0, 0.05) is 6.42 Å². The topological polar surface area (TPSA) is 103 Å². The second-order valence-electron chi connectivity index (χ2n) is 9.38. The van der Waals surface area contributed by atoms with E-state index in [0.29, 0.717) is 12.8 Å². The molecule has 2 rings (SSSR count). The summed E-state index contributed by atoms with van der Waals surface area (Å²) >= 11 is 0. The third kappa shape index (κ3) is 11.5. The minimum absolute atomic E-state index is 0.0351. The van der Waals surface area contributed by atoms with Crippen molar-refractivity contribution in [2.24, 2.45) is 11.8 Å². The van der Waals surface area contributed by atoms with Crippen LogP contribution in [0.5, 0.6) is 0 Å². The molecule has 0 saturated carbocycles. The molecule has 0 aromatic heterocycles. The molecule has 8 heteroatoms. The molecule has 0 bridgehead atoms. The van der Waals surface area contributed by atoms with Crippen LogP contribution in [0.4, 0.5) is 0 Å². The van der Waals surface area contributed by atoms with E-state index in [2.05, 4.69) is 10.8 Å². The number of hydroxylamine groups is 1. The van der Waals surface area contributed by atoms with E-state index in [1.807, 2.05) is 74.5 Å². The minimum atomic E-state index is -0.827. The van der Waals surface area contributed by atoms with Gasteiger partial charge < -0.3 is 14.8 Å². The second kappa shape index (κ2) is 15.7. The van der Waals surface area contributed by atoms with Gasteiger partial charge in [-0.15, -0.1) is 0 Å². The van der Waals surface area contributed by atoms with Gasteiger partial charge in [0.05, 0.1) is 25.2 Å². The molecule has 2 amide bonds. The lowest BCUT2D eigenvalue weighted by molar-refractivity contribution is -0.152. The first-order valence-electron chi connectivity index (χ1n) is 12.3. The highest BCUT2D eigenvalue weighted by atomic mass is 16.7. The van der Waals surface area contributed by atoms with Crippen LogP contribution in [-0.2, 0) is 41.7 Å². The Balaban J connectivity index is 1.90. The molecule has 2 atom stereocenters. The van der Waals surface area contributed by atoms with E-state index in [1.54, 1.807) is 13.8 Å². The summed E-state index contributed by atoms with van der Waals surface area (Å²) in [7, 11) is 0. The van der Waals surface area contributed by atoms with Crippen LogP contribution >= 0.6 is 0 Å². The van der Waals surface area contributed by atoms with E-state index in [1.165, 1.54) is 0 Å². The number of esters is 1. The van der Waals surface area contributed by atoms with Gasteiger partial charge in [-0.25, -0.2) is 10.3 Å². The molecular weight excluding hydrogens is 460 g/mol. The highest BCUT2D eigenvalue weighted by molar-refractivity contribution is 5.86. The monoisotopic (exact) mass is 498 g/mol. The van der Waals surface area contributed by atoms with Crippen molar-refractivity contribution in [1.82, 2.24) is 10.8 Å². The van der Waals surface area contributed by atoms with Gasteiger partial charge >= 0.3 is 5.97 Å². The molecule has 0 aliphatic rings. The Morgan fingerprint density at radius 3 is 2.06 bits per heavy atom. The van der Waals surface area contributed by atoms with Crippen molar-refractivity contribution < 1.29 is 28.7 Å². The number of benzene rings is 2. The van der Waals surface area contributed by atoms with Crippen molar-refractivity contribution in [3.63, 3.8) is 0 Å². The van der Waals surface area contributed by atoms with E-state index >= 15 is 0 Å². The highest BCUT2D eigenvalue weighted by Crippen LogP contribution is 2.14. The molecule has 1 unspecified atom stereocenters. The molecule has 2 aromatic rings. The predicted octanol–water partition coefficient (Wildman–Crippen LogP) is 3.59. The standard InChI is InChI=1S/C28H38N2O6/c1-20(2)15-24(18-34-19-26(31)30-35-17-23-13-9-6-10-14-23)27(32)29-25(28(33)36-21(3)4)16-22-11-7-5-8-12-22/h5-14,20-21,24-25H,15-19H2,1-4H3,(H,29,32)(H,30,31)/t24?,25-/m0/s1. The summed E-state index contributed by atoms with van der Waals surface area (Å²) in [5, 5.41) is 2.85. The van der Waals surface area contributed by atoms with E-state index < -0.39 is 23.8 Å². The van der Waals surface area contributed by atoms with Crippen LogP contribution in [-0.4, -0.2) is 43.1 Å². The van der Waals surface area contributed by atoms with Crippen molar-refractivity contribution in [3.8, 4) is 0 Å². The largest absolute Gasteiger partial charge is 0.461 e. The molecule has 36 heavy (non-hydrogen) atoms. The molecule has 2 aromatic carbocycles. The maximum atomic E-state index is 13.2. The predicted molar refractivity (Wildman–Crippen MR) is 136 cm³/mol. The van der Waals surface area contributed by atoms with Gasteiger partial charge in [-0.2, -0.15) is 0 Å². The zero-order chi connectivity index (χ0) is 26.3. The van der Waals surface area contributed by atoms with Crippen LogP contribution in [0.25, 0.3) is 0 Å². The molecule has 0 aliphatic carbocycles. The summed E-state index contributed by atoms with van der Waals surface area (Å²) in [6.07, 6.45) is 0.550. The Bertz CT molecular complexity index is 934. The Morgan fingerprint density at radius 1 is 0.861 bits per heavy atom. The molecule has 0 aliphatic heterocycles. The van der Waals surface area contributed by atoms with Crippen molar-refractivity contribution in [2.75, 3.05) is 13.2 Å². The molecule has 0 radical (unpaired) electrons. The smallest absolute Gasteiger partial charge is 0.329 e. The third-order valence-corrected chi connectivity index (χ3v) is 5.18. The average molecular weight is 499 g/mol. The van der Waals surface area contributed by atoms with Crippen molar-refractivity contribution in [3.05, 3.63) is 71.8 Å². The van der Waals surface area contributed by atoms with E-state index in [9.17, 15) is 14.4 Å². The van der Waals surface area contributed by atoms with E-state index in [-0.39, 0.29) is 37.7 Å². The summed E-state index contributed by atoms with van der Waals surface area (Å²) in [5.74, 6) is -1.57. The first-order valence-corrected chi connectivity index (χ1v) is 12.3. The number of rotatable bonds is 15. The van der Waals surface area contributed by atoms with Crippen LogP contribution in [0.1, 0.15) is 45.2 Å². The molecule has 8 nitrogen and oxygen atoms in total. The van der Waals surface area contributed by atoms with E-state index in [0.717, 1.165) is 11.1 Å². The second-order valence-corrected chi connectivity index (χ2v) is 9.38. The number of hydrogen-bond donors (Lipinski definition) is 2. The summed E-state index contributed by atoms with van der Waals surface area (Å²) in [5.41, 5.74) is 4.18. The lowest BCUT2D eigenvalue weighted by atomic mass is 9.96. The van der Waals surface area contributed by atoms with Crippen LogP contribution in [0.2, 0.25) is 0 Å². The first-order chi connectivity index (χ1) is 17.2. The van der Waals surface area contributed by atoms with Gasteiger partial charge in [-0.05, 0) is 37.3 Å². The van der Waals surface area contributed by atoms with Crippen LogP contribution in [0.15, 0.2) is 60.7 Å². The number of nitrogens with one attached hydrogen (secondary N) is 2. The molecule has 0 heterocycles. The average Bonchev–Trinajstić information content (AvgIpc) is 2.83. The van der Waals surface area contributed by atoms with Crippen molar-refractivity contribution in [2.45, 2.75) is 59.3 Å². The quantitative estimate of drug-likeness (QED) is 0.287. The van der Waals surface area contributed by atoms with Crippen LogP contribution < -0.4 is 10.8 Å². The fraction of sp³-hybridized carbons (Fsp3) is 0.464. The molecule has 0 saturated heterocycles. The molecule has 2 N–H and O–H groups in total. The lowest BCUT2D eigenvalue weighted by Gasteiger charge is -2.23. The van der Waals surface area contributed by atoms with Gasteiger partial charge in [0.15, 0.2) is 0 Å². The van der Waals surface area contributed by atoms with Crippen molar-refractivity contribution in [1.29, 1.82) is 0 Å². The maximum Gasteiger partial charge on any atom is 0.329 e.